The Morgan fingerprint density at radius 3 is 2.32 bits per heavy atom. The van der Waals surface area contributed by atoms with Gasteiger partial charge in [-0.15, -0.1) is 54.1 Å². The minimum absolute atomic E-state index is 0. The minimum Gasteiger partial charge on any atom is -0.500 e. The Morgan fingerprint density at radius 1 is 0.886 bits per heavy atom. The van der Waals surface area contributed by atoms with Crippen LogP contribution < -0.4 is 5.19 Å². The van der Waals surface area contributed by atoms with Crippen LogP contribution in [0.1, 0.15) is 53.0 Å². The third-order valence-electron chi connectivity index (χ3n) is 7.51. The number of nitrogens with zero attached hydrogens (tertiary/aromatic N) is 2. The average Bonchev–Trinajstić information content (AvgIpc) is 3.34. The molecule has 6 aromatic rings. The zero-order chi connectivity index (χ0) is 31.9. The van der Waals surface area contributed by atoms with Gasteiger partial charge in [-0.25, -0.2) is 4.39 Å². The number of aromatic nitrogens is 2. The molecule has 0 amide bonds. The number of pyridine rings is 2. The molecule has 6 rings (SSSR count). The van der Waals surface area contributed by atoms with E-state index in [0.29, 0.717) is 11.2 Å². The molecule has 0 unspecified atom stereocenters. The topological polar surface area (TPSA) is 38.9 Å². The Labute approximate surface area is 276 Å². The molecule has 3 aromatic carbocycles. The largest absolute Gasteiger partial charge is 0.500 e. The van der Waals surface area contributed by atoms with E-state index in [1.54, 1.807) is 6.07 Å². The molecular weight excluding hydrogens is 740 g/mol. The van der Waals surface area contributed by atoms with Crippen molar-refractivity contribution in [3.8, 4) is 22.5 Å². The third kappa shape index (κ3) is 7.26. The number of halogens is 1. The molecule has 0 fully saturated rings. The van der Waals surface area contributed by atoms with Crippen LogP contribution >= 0.6 is 0 Å². The Kier molecular flexibility index (Phi) is 9.64. The van der Waals surface area contributed by atoms with Gasteiger partial charge in [0.2, 0.25) is 0 Å². The van der Waals surface area contributed by atoms with E-state index in [-0.39, 0.29) is 31.3 Å². The molecule has 0 saturated heterocycles. The van der Waals surface area contributed by atoms with Gasteiger partial charge in [0.15, 0.2) is 0 Å². The summed E-state index contributed by atoms with van der Waals surface area (Å²) in [6.45, 7) is 17.3. The summed E-state index contributed by atoms with van der Waals surface area (Å²) in [5.41, 5.74) is 7.06. The second-order valence-corrected chi connectivity index (χ2v) is 18.2. The molecule has 0 aliphatic rings. The van der Waals surface area contributed by atoms with E-state index in [9.17, 15) is 4.39 Å². The van der Waals surface area contributed by atoms with E-state index in [2.05, 4.69) is 74.6 Å². The molecule has 0 bridgehead atoms. The predicted octanol–water partition coefficient (Wildman–Crippen LogP) is 10.1. The Balaban J connectivity index is 0.000000204. The third-order valence-corrected chi connectivity index (χ3v) is 9.53. The number of furan rings is 1. The van der Waals surface area contributed by atoms with E-state index in [1.807, 2.05) is 68.7 Å². The summed E-state index contributed by atoms with van der Waals surface area (Å²) in [5.74, 6) is -0.915. The van der Waals surface area contributed by atoms with Gasteiger partial charge in [0.1, 0.15) is 11.4 Å². The van der Waals surface area contributed by atoms with Gasteiger partial charge in [0.05, 0.1) is 13.7 Å². The number of fused-ring (bicyclic) bond motifs is 3. The van der Waals surface area contributed by atoms with Crippen molar-refractivity contribution in [2.24, 2.45) is 0 Å². The van der Waals surface area contributed by atoms with Crippen LogP contribution in [0, 0.1) is 17.9 Å². The summed E-state index contributed by atoms with van der Waals surface area (Å²) in [5, 5.41) is 3.12. The maximum absolute atomic E-state index is 13.5. The maximum Gasteiger partial charge on any atom is 0.126 e. The zero-order valence-corrected chi connectivity index (χ0v) is 30.0. The summed E-state index contributed by atoms with van der Waals surface area (Å²) in [4.78, 5) is 9.11. The second kappa shape index (κ2) is 13.3. The van der Waals surface area contributed by atoms with Crippen LogP contribution in [-0.4, -0.2) is 18.0 Å². The molecule has 0 aliphatic heterocycles. The fourth-order valence-electron chi connectivity index (χ4n) is 5.11. The Morgan fingerprint density at radius 2 is 1.66 bits per heavy atom. The molecule has 0 spiro atoms. The van der Waals surface area contributed by atoms with Crippen molar-refractivity contribution in [2.45, 2.75) is 65.6 Å². The van der Waals surface area contributed by atoms with E-state index in [0.717, 1.165) is 38.9 Å². The van der Waals surface area contributed by atoms with E-state index < -0.39 is 14.0 Å². The van der Waals surface area contributed by atoms with E-state index in [4.69, 9.17) is 5.79 Å². The van der Waals surface area contributed by atoms with Crippen molar-refractivity contribution in [3.05, 3.63) is 114 Å². The molecule has 229 valence electrons. The summed E-state index contributed by atoms with van der Waals surface area (Å²) in [6, 6.07) is 28.9. The van der Waals surface area contributed by atoms with Crippen molar-refractivity contribution in [3.63, 3.8) is 0 Å². The molecule has 0 saturated carbocycles. The first-order valence-corrected chi connectivity index (χ1v) is 18.1. The molecule has 1 radical (unpaired) electrons. The molecule has 0 N–H and O–H groups in total. The number of hydrogen-bond donors (Lipinski definition) is 0. The molecule has 3 heterocycles. The monoisotopic (exact) mass is 780 g/mol. The first kappa shape index (κ1) is 32.0. The van der Waals surface area contributed by atoms with E-state index >= 15 is 0 Å². The summed E-state index contributed by atoms with van der Waals surface area (Å²) in [6.07, 6.45) is 3.79. The molecule has 0 atom stereocenters. The van der Waals surface area contributed by atoms with Crippen molar-refractivity contribution in [1.82, 2.24) is 9.97 Å². The average molecular weight is 780 g/mol. The quantitative estimate of drug-likeness (QED) is 0.132. The van der Waals surface area contributed by atoms with Crippen LogP contribution in [0.2, 0.25) is 19.6 Å². The van der Waals surface area contributed by atoms with Gasteiger partial charge < -0.3 is 14.4 Å². The summed E-state index contributed by atoms with van der Waals surface area (Å²) >= 11 is 0. The van der Waals surface area contributed by atoms with E-state index in [1.165, 1.54) is 22.9 Å². The van der Waals surface area contributed by atoms with Gasteiger partial charge in [-0.05, 0) is 51.6 Å². The summed E-state index contributed by atoms with van der Waals surface area (Å²) in [7, 11) is -1.50. The maximum atomic E-state index is 13.5. The SMILES string of the molecule is CC(C)(C)c1ccnc(-c2[c-]ccc3c2oc2cc(F)ccc23)c1.[2H]C(C)(C)c1cc(-c2[c-]cccc2)ncc1[Si](C)(C)C.[Ir]. The van der Waals surface area contributed by atoms with Crippen LogP contribution in [0.25, 0.3) is 44.5 Å². The smallest absolute Gasteiger partial charge is 0.126 e. The molecule has 6 heteroatoms. The van der Waals surface area contributed by atoms with Crippen molar-refractivity contribution in [2.75, 3.05) is 0 Å². The molecule has 0 aliphatic carbocycles. The molecule has 3 aromatic heterocycles. The van der Waals surface area contributed by atoms with Gasteiger partial charge in [-0.1, -0.05) is 82.9 Å². The van der Waals surface area contributed by atoms with Crippen LogP contribution in [0.15, 0.2) is 89.6 Å². The number of hydrogen-bond acceptors (Lipinski definition) is 3. The van der Waals surface area contributed by atoms with Crippen molar-refractivity contribution in [1.29, 1.82) is 0 Å². The minimum atomic E-state index is -1.50. The first-order chi connectivity index (χ1) is 20.6. The van der Waals surface area contributed by atoms with Crippen LogP contribution in [-0.2, 0) is 25.5 Å². The molecule has 3 nitrogen and oxygen atoms in total. The Bertz CT molecular complexity index is 1940. The first-order valence-electron chi connectivity index (χ1n) is 15.1. The predicted molar refractivity (Wildman–Crippen MR) is 180 cm³/mol. The Hall–Kier alpha value is -3.44. The van der Waals surface area contributed by atoms with Crippen molar-refractivity contribution < 1.29 is 30.3 Å². The zero-order valence-electron chi connectivity index (χ0n) is 27.6. The van der Waals surface area contributed by atoms with Gasteiger partial charge in [0, 0.05) is 45.3 Å². The van der Waals surface area contributed by atoms with Gasteiger partial charge in [-0.3, -0.25) is 0 Å². The summed E-state index contributed by atoms with van der Waals surface area (Å²) < 4.78 is 27.9. The van der Waals surface area contributed by atoms with Crippen LogP contribution in [0.4, 0.5) is 4.39 Å². The van der Waals surface area contributed by atoms with Crippen LogP contribution in [0.5, 0.6) is 0 Å². The molecular formula is C38H39FIrN2OSi-2. The number of rotatable bonds is 4. The fourth-order valence-corrected chi connectivity index (χ4v) is 6.69. The van der Waals surface area contributed by atoms with Gasteiger partial charge in [-0.2, -0.15) is 0 Å². The normalized spacial score (nSPS) is 12.3. The fraction of sp³-hybridized carbons (Fsp3) is 0.263. The second-order valence-electron chi connectivity index (χ2n) is 13.2. The van der Waals surface area contributed by atoms with Gasteiger partial charge >= 0.3 is 0 Å². The number of benzene rings is 3. The standard InChI is InChI=1S/C21H17FNO.C17H22NSi.Ir/c1-21(2,3)13-9-10-23-18(11-13)17-6-4-5-16-15-8-7-14(22)12-19(15)24-20(16)17;1-13(2)15-11-16(14-9-7-6-8-10-14)18-12-17(15)19(3,4)5;/h4-5,7-12H,1-3H3;6-9,11-13H,1-5H3;/q2*-1;/i;13D;. The van der Waals surface area contributed by atoms with Crippen molar-refractivity contribution >= 4 is 35.2 Å². The van der Waals surface area contributed by atoms with Gasteiger partial charge in [0.25, 0.3) is 0 Å². The van der Waals surface area contributed by atoms with Crippen LogP contribution in [0.3, 0.4) is 0 Å². The molecule has 44 heavy (non-hydrogen) atoms.